The van der Waals surface area contributed by atoms with E-state index in [0.717, 1.165) is 31.7 Å². The number of nitrogen functional groups attached to an aromatic ring is 1. The maximum atomic E-state index is 13.2. The maximum absolute atomic E-state index is 13.2. The molecule has 0 saturated carbocycles. The number of piperazine rings is 1. The van der Waals surface area contributed by atoms with Crippen molar-refractivity contribution in [1.29, 1.82) is 0 Å². The number of hydrogen-bond donors (Lipinski definition) is 2. The molecule has 5 heteroatoms. The summed E-state index contributed by atoms with van der Waals surface area (Å²) in [7, 11) is 0. The van der Waals surface area contributed by atoms with Gasteiger partial charge in [0, 0.05) is 37.9 Å². The van der Waals surface area contributed by atoms with E-state index >= 15 is 0 Å². The molecule has 1 atom stereocenters. The van der Waals surface area contributed by atoms with Gasteiger partial charge in [0.25, 0.3) is 0 Å². The lowest BCUT2D eigenvalue weighted by atomic mass is 10.1. The first kappa shape index (κ1) is 11.3. The Morgan fingerprint density at radius 1 is 1.50 bits per heavy atom. The van der Waals surface area contributed by atoms with E-state index in [-0.39, 0.29) is 6.04 Å². The monoisotopic (exact) mass is 224 g/mol. The van der Waals surface area contributed by atoms with E-state index in [9.17, 15) is 4.39 Å². The van der Waals surface area contributed by atoms with Crippen LogP contribution in [-0.4, -0.2) is 42.7 Å². The van der Waals surface area contributed by atoms with Gasteiger partial charge < -0.3 is 11.1 Å². The number of alkyl halides is 1. The average molecular weight is 224 g/mol. The quantitative estimate of drug-likeness (QED) is 0.788. The molecule has 1 fully saturated rings. The Balaban J connectivity index is 2.18. The third kappa shape index (κ3) is 2.31. The Hall–Kier alpha value is -1.20. The van der Waals surface area contributed by atoms with Crippen LogP contribution >= 0.6 is 0 Å². The van der Waals surface area contributed by atoms with Crippen molar-refractivity contribution in [2.24, 2.45) is 0 Å². The van der Waals surface area contributed by atoms with E-state index in [0.29, 0.717) is 5.82 Å². The molecular formula is C11H17FN4. The van der Waals surface area contributed by atoms with Crippen LogP contribution in [0.4, 0.5) is 10.2 Å². The van der Waals surface area contributed by atoms with Crippen LogP contribution in [0.3, 0.4) is 0 Å². The number of nitrogens with one attached hydrogen (secondary N) is 1. The Morgan fingerprint density at radius 3 is 2.88 bits per heavy atom. The molecule has 0 radical (unpaired) electrons. The van der Waals surface area contributed by atoms with Crippen LogP contribution in [0, 0.1) is 0 Å². The molecule has 0 unspecified atom stereocenters. The minimum absolute atomic E-state index is 0.254. The lowest BCUT2D eigenvalue weighted by Crippen LogP contribution is -2.45. The fourth-order valence-electron chi connectivity index (χ4n) is 2.08. The zero-order chi connectivity index (χ0) is 11.4. The average Bonchev–Trinajstić information content (AvgIpc) is 2.34. The number of halogens is 1. The van der Waals surface area contributed by atoms with Gasteiger partial charge in [0.2, 0.25) is 0 Å². The van der Waals surface area contributed by atoms with Gasteiger partial charge in [-0.15, -0.1) is 0 Å². The van der Waals surface area contributed by atoms with E-state index in [1.165, 1.54) is 0 Å². The van der Waals surface area contributed by atoms with Gasteiger partial charge in [0.15, 0.2) is 0 Å². The number of nitrogens with two attached hydrogens (primary N) is 1. The highest BCUT2D eigenvalue weighted by Crippen LogP contribution is 2.24. The van der Waals surface area contributed by atoms with Gasteiger partial charge in [-0.3, -0.25) is 4.90 Å². The van der Waals surface area contributed by atoms with Crippen LogP contribution in [0.1, 0.15) is 11.6 Å². The van der Waals surface area contributed by atoms with E-state index in [2.05, 4.69) is 15.2 Å². The summed E-state index contributed by atoms with van der Waals surface area (Å²) in [5, 5.41) is 3.25. The molecule has 0 aromatic carbocycles. The highest BCUT2D eigenvalue weighted by atomic mass is 19.1. The van der Waals surface area contributed by atoms with Crippen LogP contribution in [0.25, 0.3) is 0 Å². The molecule has 1 aromatic rings. The number of hydrogen-bond acceptors (Lipinski definition) is 4. The summed E-state index contributed by atoms with van der Waals surface area (Å²) in [6.07, 6.45) is 1.63. The number of aromatic nitrogens is 1. The molecule has 3 N–H and O–H groups in total. The third-order valence-corrected chi connectivity index (χ3v) is 2.97. The van der Waals surface area contributed by atoms with Crippen molar-refractivity contribution < 1.29 is 4.39 Å². The van der Waals surface area contributed by atoms with Crippen molar-refractivity contribution in [2.75, 3.05) is 38.6 Å². The van der Waals surface area contributed by atoms with Gasteiger partial charge in [-0.1, -0.05) is 6.07 Å². The first-order valence-electron chi connectivity index (χ1n) is 5.54. The predicted molar refractivity (Wildman–Crippen MR) is 61.8 cm³/mol. The minimum atomic E-state index is -0.421. The van der Waals surface area contributed by atoms with Gasteiger partial charge in [-0.05, 0) is 6.07 Å². The molecule has 88 valence electrons. The van der Waals surface area contributed by atoms with Gasteiger partial charge >= 0.3 is 0 Å². The van der Waals surface area contributed by atoms with E-state index in [1.807, 2.05) is 6.07 Å². The Labute approximate surface area is 94.6 Å². The van der Waals surface area contributed by atoms with E-state index in [1.54, 1.807) is 12.3 Å². The highest BCUT2D eigenvalue weighted by molar-refractivity contribution is 5.41. The minimum Gasteiger partial charge on any atom is -0.383 e. The summed E-state index contributed by atoms with van der Waals surface area (Å²) in [4.78, 5) is 6.13. The third-order valence-electron chi connectivity index (χ3n) is 2.97. The number of nitrogens with zero attached hydrogens (tertiary/aromatic N) is 2. The molecular weight excluding hydrogens is 207 g/mol. The van der Waals surface area contributed by atoms with Crippen molar-refractivity contribution in [3.05, 3.63) is 23.9 Å². The number of rotatable bonds is 3. The van der Waals surface area contributed by atoms with Gasteiger partial charge in [0.05, 0.1) is 6.04 Å². The van der Waals surface area contributed by atoms with Crippen LogP contribution in [0.15, 0.2) is 18.3 Å². The molecule has 0 amide bonds. The molecule has 4 nitrogen and oxygen atoms in total. The lowest BCUT2D eigenvalue weighted by Gasteiger charge is -2.33. The van der Waals surface area contributed by atoms with Gasteiger partial charge in [0.1, 0.15) is 12.5 Å². The Bertz CT molecular complexity index is 339. The molecule has 1 aliphatic heterocycles. The van der Waals surface area contributed by atoms with E-state index in [4.69, 9.17) is 5.73 Å². The molecule has 1 aliphatic rings. The number of pyridine rings is 1. The zero-order valence-electron chi connectivity index (χ0n) is 9.19. The SMILES string of the molecule is Nc1ncccc1[C@@H](CF)N1CCNCC1. The number of anilines is 1. The maximum Gasteiger partial charge on any atom is 0.128 e. The summed E-state index contributed by atoms with van der Waals surface area (Å²) in [6.45, 7) is 3.08. The first-order valence-corrected chi connectivity index (χ1v) is 5.54. The summed E-state index contributed by atoms with van der Waals surface area (Å²) >= 11 is 0. The molecule has 0 bridgehead atoms. The standard InChI is InChI=1S/C11H17FN4/c12-8-10(16-6-4-14-5-7-16)9-2-1-3-15-11(9)13/h1-3,10,14H,4-8H2,(H2,13,15)/t10-/m1/s1. The second-order valence-electron chi connectivity index (χ2n) is 3.93. The molecule has 2 rings (SSSR count). The highest BCUT2D eigenvalue weighted by Gasteiger charge is 2.23. The second kappa shape index (κ2) is 5.23. The van der Waals surface area contributed by atoms with Crippen molar-refractivity contribution in [1.82, 2.24) is 15.2 Å². The molecule has 16 heavy (non-hydrogen) atoms. The molecule has 0 aliphatic carbocycles. The zero-order valence-corrected chi connectivity index (χ0v) is 9.19. The molecule has 2 heterocycles. The van der Waals surface area contributed by atoms with Crippen molar-refractivity contribution in [3.63, 3.8) is 0 Å². The van der Waals surface area contributed by atoms with Crippen LogP contribution in [-0.2, 0) is 0 Å². The summed E-state index contributed by atoms with van der Waals surface area (Å²) < 4.78 is 13.2. The summed E-state index contributed by atoms with van der Waals surface area (Å²) in [5.74, 6) is 0.434. The summed E-state index contributed by atoms with van der Waals surface area (Å²) in [5.41, 5.74) is 6.58. The Kier molecular flexibility index (Phi) is 3.69. The van der Waals surface area contributed by atoms with Crippen molar-refractivity contribution in [2.45, 2.75) is 6.04 Å². The van der Waals surface area contributed by atoms with Gasteiger partial charge in [-0.25, -0.2) is 9.37 Å². The van der Waals surface area contributed by atoms with Gasteiger partial charge in [-0.2, -0.15) is 0 Å². The second-order valence-corrected chi connectivity index (χ2v) is 3.93. The largest absolute Gasteiger partial charge is 0.383 e. The normalized spacial score (nSPS) is 19.6. The van der Waals surface area contributed by atoms with Crippen LogP contribution < -0.4 is 11.1 Å². The Morgan fingerprint density at radius 2 is 2.25 bits per heavy atom. The van der Waals surface area contributed by atoms with Crippen molar-refractivity contribution >= 4 is 5.82 Å². The molecule has 0 spiro atoms. The molecule has 1 saturated heterocycles. The van der Waals surface area contributed by atoms with Crippen molar-refractivity contribution in [3.8, 4) is 0 Å². The molecule has 1 aromatic heterocycles. The van der Waals surface area contributed by atoms with E-state index < -0.39 is 6.67 Å². The van der Waals surface area contributed by atoms with Crippen LogP contribution in [0.2, 0.25) is 0 Å². The predicted octanol–water partition coefficient (Wildman–Crippen LogP) is 0.580. The first-order chi connectivity index (χ1) is 7.83. The smallest absolute Gasteiger partial charge is 0.128 e. The lowest BCUT2D eigenvalue weighted by molar-refractivity contribution is 0.148. The van der Waals surface area contributed by atoms with Crippen LogP contribution in [0.5, 0.6) is 0 Å². The fourth-order valence-corrected chi connectivity index (χ4v) is 2.08. The summed E-state index contributed by atoms with van der Waals surface area (Å²) in [6, 6.07) is 3.40. The topological polar surface area (TPSA) is 54.2 Å². The fraction of sp³-hybridized carbons (Fsp3) is 0.545.